The number of likely N-dealkylation sites (N-methyl/N-ethyl adjacent to an activating group) is 1. The van der Waals surface area contributed by atoms with Gasteiger partial charge in [-0.1, -0.05) is 36.8 Å². The van der Waals surface area contributed by atoms with Crippen molar-refractivity contribution in [3.05, 3.63) is 35.4 Å². The molecule has 1 rings (SSSR count). The summed E-state index contributed by atoms with van der Waals surface area (Å²) in [6.07, 6.45) is 1.17. The maximum Gasteiger partial charge on any atom is 0.211 e. The minimum Gasteiger partial charge on any atom is -0.303 e. The van der Waals surface area contributed by atoms with Gasteiger partial charge in [0.1, 0.15) is 0 Å². The number of rotatable bonds is 5. The summed E-state index contributed by atoms with van der Waals surface area (Å²) in [5.41, 5.74) is 2.20. The predicted octanol–water partition coefficient (Wildman–Crippen LogP) is 1.64. The predicted molar refractivity (Wildman–Crippen MR) is 70.1 cm³/mol. The summed E-state index contributed by atoms with van der Waals surface area (Å²) in [6.45, 7) is 4.25. The summed E-state index contributed by atoms with van der Waals surface area (Å²) < 4.78 is 24.1. The largest absolute Gasteiger partial charge is 0.303 e. The lowest BCUT2D eigenvalue weighted by Crippen LogP contribution is -2.34. The van der Waals surface area contributed by atoms with Crippen LogP contribution in [0.2, 0.25) is 0 Å². The lowest BCUT2D eigenvalue weighted by molar-refractivity contribution is 0.472. The van der Waals surface area contributed by atoms with Crippen LogP contribution in [0.3, 0.4) is 0 Å². The first kappa shape index (κ1) is 13.9. The summed E-state index contributed by atoms with van der Waals surface area (Å²) in [5, 5.41) is 7.91. The van der Waals surface area contributed by atoms with E-state index in [-0.39, 0.29) is 6.54 Å². The number of hydrogen-bond acceptors (Lipinski definition) is 3. The number of nitrogens with zero attached hydrogens (tertiary/aromatic N) is 1. The molecule has 1 aromatic carbocycles. The molecule has 0 saturated carbocycles. The van der Waals surface area contributed by atoms with Crippen molar-refractivity contribution in [1.82, 2.24) is 4.31 Å². The van der Waals surface area contributed by atoms with Crippen LogP contribution in [-0.2, 0) is 10.0 Å². The van der Waals surface area contributed by atoms with Crippen LogP contribution in [-0.4, -0.2) is 37.8 Å². The highest BCUT2D eigenvalue weighted by Crippen LogP contribution is 2.06. The Balaban J connectivity index is 2.82. The fraction of sp³-hybridized carbons (Fsp3) is 0.417. The van der Waals surface area contributed by atoms with Gasteiger partial charge in [0.05, 0.1) is 18.5 Å². The van der Waals surface area contributed by atoms with E-state index in [1.165, 1.54) is 10.6 Å². The van der Waals surface area contributed by atoms with Gasteiger partial charge < -0.3 is 5.41 Å². The molecule has 0 aliphatic heterocycles. The Morgan fingerprint density at radius 2 is 1.82 bits per heavy atom. The quantitative estimate of drug-likeness (QED) is 0.812. The maximum absolute atomic E-state index is 11.4. The molecule has 0 fully saturated rings. The van der Waals surface area contributed by atoms with Crippen molar-refractivity contribution in [2.24, 2.45) is 0 Å². The first-order valence-electron chi connectivity index (χ1n) is 5.44. The molecule has 0 aliphatic rings. The molecule has 0 amide bonds. The smallest absolute Gasteiger partial charge is 0.211 e. The number of benzene rings is 1. The second kappa shape index (κ2) is 5.42. The van der Waals surface area contributed by atoms with Crippen LogP contribution in [0.4, 0.5) is 0 Å². The second-order valence-corrected chi connectivity index (χ2v) is 6.02. The van der Waals surface area contributed by atoms with E-state index < -0.39 is 10.0 Å². The first-order chi connectivity index (χ1) is 7.84. The van der Waals surface area contributed by atoms with Crippen molar-refractivity contribution in [2.45, 2.75) is 13.8 Å². The van der Waals surface area contributed by atoms with E-state index in [9.17, 15) is 8.42 Å². The zero-order chi connectivity index (χ0) is 13.1. The molecule has 0 radical (unpaired) electrons. The van der Waals surface area contributed by atoms with Gasteiger partial charge >= 0.3 is 0 Å². The summed E-state index contributed by atoms with van der Waals surface area (Å²) in [4.78, 5) is 0. The SMILES string of the molecule is CCN(CC(=N)c1ccc(C)cc1)S(C)(=O)=O. The van der Waals surface area contributed by atoms with Gasteiger partial charge in [0.15, 0.2) is 0 Å². The van der Waals surface area contributed by atoms with Gasteiger partial charge in [-0.3, -0.25) is 0 Å². The van der Waals surface area contributed by atoms with E-state index in [2.05, 4.69) is 0 Å². The van der Waals surface area contributed by atoms with Crippen LogP contribution in [0, 0.1) is 12.3 Å². The number of nitrogens with one attached hydrogen (secondary N) is 1. The average molecular weight is 254 g/mol. The van der Waals surface area contributed by atoms with Crippen LogP contribution < -0.4 is 0 Å². The molecule has 5 heteroatoms. The van der Waals surface area contributed by atoms with Gasteiger partial charge in [0.25, 0.3) is 0 Å². The minimum atomic E-state index is -3.23. The first-order valence-corrected chi connectivity index (χ1v) is 7.29. The summed E-state index contributed by atoms with van der Waals surface area (Å²) >= 11 is 0. The van der Waals surface area contributed by atoms with Gasteiger partial charge in [0, 0.05) is 6.54 Å². The molecule has 1 N–H and O–H groups in total. The molecular formula is C12H18N2O2S. The van der Waals surface area contributed by atoms with Gasteiger partial charge in [-0.05, 0) is 12.5 Å². The van der Waals surface area contributed by atoms with Crippen molar-refractivity contribution in [3.8, 4) is 0 Å². The Hall–Kier alpha value is -1.20. The molecule has 94 valence electrons. The molecule has 0 atom stereocenters. The highest BCUT2D eigenvalue weighted by atomic mass is 32.2. The molecule has 0 heterocycles. The Bertz CT molecular complexity index is 492. The van der Waals surface area contributed by atoms with Gasteiger partial charge in [-0.25, -0.2) is 8.42 Å². The van der Waals surface area contributed by atoms with Crippen molar-refractivity contribution in [2.75, 3.05) is 19.3 Å². The average Bonchev–Trinajstić information content (AvgIpc) is 2.24. The molecule has 0 saturated heterocycles. The molecule has 0 bridgehead atoms. The molecule has 4 nitrogen and oxygen atoms in total. The molecule has 0 unspecified atom stereocenters. The van der Waals surface area contributed by atoms with Gasteiger partial charge in [-0.15, -0.1) is 0 Å². The fourth-order valence-electron chi connectivity index (χ4n) is 1.49. The molecule has 0 aromatic heterocycles. The van der Waals surface area contributed by atoms with Crippen LogP contribution in [0.25, 0.3) is 0 Å². The zero-order valence-corrected chi connectivity index (χ0v) is 11.2. The highest BCUT2D eigenvalue weighted by molar-refractivity contribution is 7.88. The zero-order valence-electron chi connectivity index (χ0n) is 10.4. The van der Waals surface area contributed by atoms with Crippen molar-refractivity contribution < 1.29 is 8.42 Å². The van der Waals surface area contributed by atoms with E-state index in [4.69, 9.17) is 5.41 Å². The van der Waals surface area contributed by atoms with E-state index in [1.807, 2.05) is 31.2 Å². The van der Waals surface area contributed by atoms with Crippen molar-refractivity contribution in [1.29, 1.82) is 5.41 Å². The fourth-order valence-corrected chi connectivity index (χ4v) is 2.32. The third-order valence-corrected chi connectivity index (χ3v) is 3.88. The Morgan fingerprint density at radius 1 is 1.29 bits per heavy atom. The number of sulfonamides is 1. The van der Waals surface area contributed by atoms with Crippen molar-refractivity contribution in [3.63, 3.8) is 0 Å². The monoisotopic (exact) mass is 254 g/mol. The highest BCUT2D eigenvalue weighted by Gasteiger charge is 2.16. The van der Waals surface area contributed by atoms with Crippen LogP contribution in [0.5, 0.6) is 0 Å². The molecule has 17 heavy (non-hydrogen) atoms. The molecule has 0 aliphatic carbocycles. The van der Waals surface area contributed by atoms with E-state index >= 15 is 0 Å². The minimum absolute atomic E-state index is 0.123. The van der Waals surface area contributed by atoms with Crippen LogP contribution in [0.1, 0.15) is 18.1 Å². The molecule has 1 aromatic rings. The van der Waals surface area contributed by atoms with E-state index in [0.717, 1.165) is 11.1 Å². The third-order valence-electron chi connectivity index (χ3n) is 2.56. The number of hydrogen-bond donors (Lipinski definition) is 1. The van der Waals surface area contributed by atoms with Crippen LogP contribution >= 0.6 is 0 Å². The summed E-state index contributed by atoms with van der Waals surface area (Å²) in [7, 11) is -3.23. The molecular weight excluding hydrogens is 236 g/mol. The Morgan fingerprint density at radius 3 is 2.24 bits per heavy atom. The maximum atomic E-state index is 11.4. The van der Waals surface area contributed by atoms with Crippen molar-refractivity contribution >= 4 is 15.7 Å². The van der Waals surface area contributed by atoms with E-state index in [1.54, 1.807) is 6.92 Å². The Labute approximate surface area is 103 Å². The third kappa shape index (κ3) is 3.94. The normalized spacial score (nSPS) is 11.8. The lowest BCUT2D eigenvalue weighted by Gasteiger charge is -2.18. The second-order valence-electron chi connectivity index (χ2n) is 4.03. The summed E-state index contributed by atoms with van der Waals surface area (Å²) in [6, 6.07) is 7.52. The summed E-state index contributed by atoms with van der Waals surface area (Å²) in [5.74, 6) is 0. The lowest BCUT2D eigenvalue weighted by atomic mass is 10.1. The topological polar surface area (TPSA) is 61.2 Å². The van der Waals surface area contributed by atoms with Crippen LogP contribution in [0.15, 0.2) is 24.3 Å². The van der Waals surface area contributed by atoms with Gasteiger partial charge in [0.2, 0.25) is 10.0 Å². The van der Waals surface area contributed by atoms with Gasteiger partial charge in [-0.2, -0.15) is 4.31 Å². The Kier molecular flexibility index (Phi) is 4.42. The molecule has 0 spiro atoms. The standard InChI is InChI=1S/C12H18N2O2S/c1-4-14(17(3,15)16)9-12(13)11-7-5-10(2)6-8-11/h5-8,13H,4,9H2,1-3H3. The number of aryl methyl sites for hydroxylation is 1. The van der Waals surface area contributed by atoms with E-state index in [0.29, 0.717) is 12.3 Å².